The topological polar surface area (TPSA) is 73.2 Å². The van der Waals surface area contributed by atoms with E-state index in [4.69, 9.17) is 4.74 Å². The van der Waals surface area contributed by atoms with Crippen LogP contribution in [0.5, 0.6) is 0 Å². The molecule has 32 heavy (non-hydrogen) atoms. The molecule has 0 aliphatic heterocycles. The zero-order valence-corrected chi connectivity index (χ0v) is 17.5. The second-order valence-electron chi connectivity index (χ2n) is 7.27. The number of hydrogen-bond acceptors (Lipinski definition) is 4. The molecule has 3 aromatic carbocycles. The number of ether oxygens (including phenoxy) is 1. The molecule has 4 aromatic rings. The first kappa shape index (κ1) is 21.1. The van der Waals surface area contributed by atoms with Gasteiger partial charge < -0.3 is 10.1 Å². The minimum absolute atomic E-state index is 0.166. The van der Waals surface area contributed by atoms with Crippen LogP contribution in [-0.2, 0) is 22.7 Å². The van der Waals surface area contributed by atoms with Crippen molar-refractivity contribution in [3.63, 3.8) is 0 Å². The Bertz CT molecular complexity index is 1170. The maximum atomic E-state index is 12.9. The van der Waals surface area contributed by atoms with Gasteiger partial charge in [0.1, 0.15) is 18.8 Å². The summed E-state index contributed by atoms with van der Waals surface area (Å²) in [6.07, 6.45) is 1.71. The van der Waals surface area contributed by atoms with Gasteiger partial charge in [0.2, 0.25) is 0 Å². The minimum Gasteiger partial charge on any atom is -0.460 e. The highest BCUT2D eigenvalue weighted by atomic mass is 16.5. The number of aromatic nitrogens is 2. The molecule has 160 valence electrons. The van der Waals surface area contributed by atoms with E-state index < -0.39 is 5.97 Å². The van der Waals surface area contributed by atoms with Gasteiger partial charge in [0.25, 0.3) is 5.91 Å². The molecule has 6 nitrogen and oxygen atoms in total. The minimum atomic E-state index is -0.500. The van der Waals surface area contributed by atoms with Crippen LogP contribution < -0.4 is 5.32 Å². The normalized spacial score (nSPS) is 10.5. The lowest BCUT2D eigenvalue weighted by molar-refractivity contribution is -0.143. The molecular weight excluding hydrogens is 402 g/mol. The first-order valence-electron chi connectivity index (χ1n) is 10.3. The number of rotatable bonds is 8. The highest BCUT2D eigenvalue weighted by Crippen LogP contribution is 2.22. The fourth-order valence-corrected chi connectivity index (χ4v) is 3.29. The van der Waals surface area contributed by atoms with E-state index in [1.807, 2.05) is 91.0 Å². The van der Waals surface area contributed by atoms with Crippen molar-refractivity contribution in [3.8, 4) is 11.3 Å². The van der Waals surface area contributed by atoms with E-state index in [-0.39, 0.29) is 19.1 Å². The number of carbonyl (C=O) groups is 2. The van der Waals surface area contributed by atoms with Crippen molar-refractivity contribution in [2.24, 2.45) is 0 Å². The molecule has 0 unspecified atom stereocenters. The molecule has 6 heteroatoms. The van der Waals surface area contributed by atoms with Gasteiger partial charge in [-0.2, -0.15) is 5.10 Å². The van der Waals surface area contributed by atoms with Crippen LogP contribution in [0.1, 0.15) is 21.5 Å². The highest BCUT2D eigenvalue weighted by molar-refractivity contribution is 6.00. The first-order chi connectivity index (χ1) is 15.7. The maximum absolute atomic E-state index is 12.9. The Labute approximate surface area is 186 Å². The van der Waals surface area contributed by atoms with Crippen molar-refractivity contribution >= 4 is 11.9 Å². The zero-order valence-electron chi connectivity index (χ0n) is 17.5. The molecule has 0 saturated heterocycles. The summed E-state index contributed by atoms with van der Waals surface area (Å²) < 4.78 is 6.98. The Morgan fingerprint density at radius 1 is 0.812 bits per heavy atom. The summed E-state index contributed by atoms with van der Waals surface area (Å²) in [6.45, 7) is 0.483. The van der Waals surface area contributed by atoms with Gasteiger partial charge in [0.05, 0.1) is 12.1 Å². The van der Waals surface area contributed by atoms with E-state index in [0.29, 0.717) is 17.8 Å². The van der Waals surface area contributed by atoms with Crippen molar-refractivity contribution in [2.45, 2.75) is 13.2 Å². The van der Waals surface area contributed by atoms with E-state index in [0.717, 1.165) is 16.7 Å². The van der Waals surface area contributed by atoms with Crippen LogP contribution in [-0.4, -0.2) is 28.2 Å². The smallest absolute Gasteiger partial charge is 0.325 e. The molecule has 1 heterocycles. The largest absolute Gasteiger partial charge is 0.460 e. The SMILES string of the molecule is O=C(CNC(=O)c1cn(Cc2ccccc2)nc1-c1ccccc1)OCc1ccccc1. The molecule has 0 aliphatic carbocycles. The van der Waals surface area contributed by atoms with E-state index in [1.54, 1.807) is 10.9 Å². The van der Waals surface area contributed by atoms with E-state index in [9.17, 15) is 9.59 Å². The van der Waals surface area contributed by atoms with Gasteiger partial charge >= 0.3 is 5.97 Å². The van der Waals surface area contributed by atoms with E-state index >= 15 is 0 Å². The molecular formula is C26H23N3O3. The Hall–Kier alpha value is -4.19. The molecule has 0 saturated carbocycles. The van der Waals surface area contributed by atoms with Crippen molar-refractivity contribution < 1.29 is 14.3 Å². The average Bonchev–Trinajstić information content (AvgIpc) is 3.27. The van der Waals surface area contributed by atoms with Gasteiger partial charge in [0.15, 0.2) is 0 Å². The fraction of sp³-hybridized carbons (Fsp3) is 0.115. The second kappa shape index (κ2) is 10.2. The van der Waals surface area contributed by atoms with Crippen LogP contribution in [0.3, 0.4) is 0 Å². The number of hydrogen-bond donors (Lipinski definition) is 1. The van der Waals surface area contributed by atoms with Crippen LogP contribution in [0.15, 0.2) is 97.2 Å². The number of nitrogens with one attached hydrogen (secondary N) is 1. The van der Waals surface area contributed by atoms with E-state index in [2.05, 4.69) is 10.4 Å². The van der Waals surface area contributed by atoms with Crippen LogP contribution in [0.25, 0.3) is 11.3 Å². The summed E-state index contributed by atoms with van der Waals surface area (Å²) in [5, 5.41) is 7.30. The Balaban J connectivity index is 1.45. The average molecular weight is 425 g/mol. The van der Waals surface area contributed by atoms with E-state index in [1.165, 1.54) is 0 Å². The standard InChI is InChI=1S/C26H23N3O3/c30-24(32-19-21-12-6-2-7-13-21)16-27-26(31)23-18-29(17-20-10-4-1-5-11-20)28-25(23)22-14-8-3-9-15-22/h1-15,18H,16-17,19H2,(H,27,31). The fourth-order valence-electron chi connectivity index (χ4n) is 3.29. The van der Waals surface area contributed by atoms with Gasteiger partial charge in [-0.3, -0.25) is 14.3 Å². The third-order valence-electron chi connectivity index (χ3n) is 4.88. The van der Waals surface area contributed by atoms with Gasteiger partial charge in [-0.05, 0) is 11.1 Å². The molecule has 0 aliphatic rings. The van der Waals surface area contributed by atoms with Gasteiger partial charge in [-0.1, -0.05) is 91.0 Å². The van der Waals surface area contributed by atoms with Gasteiger partial charge in [0, 0.05) is 11.8 Å². The molecule has 1 aromatic heterocycles. The second-order valence-corrected chi connectivity index (χ2v) is 7.27. The Morgan fingerprint density at radius 2 is 1.41 bits per heavy atom. The molecule has 1 amide bonds. The molecule has 0 fully saturated rings. The van der Waals surface area contributed by atoms with Crippen LogP contribution >= 0.6 is 0 Å². The first-order valence-corrected chi connectivity index (χ1v) is 10.3. The number of carbonyl (C=O) groups excluding carboxylic acids is 2. The monoisotopic (exact) mass is 425 g/mol. The zero-order chi connectivity index (χ0) is 22.2. The molecule has 0 radical (unpaired) electrons. The third-order valence-corrected chi connectivity index (χ3v) is 4.88. The maximum Gasteiger partial charge on any atom is 0.325 e. The summed E-state index contributed by atoms with van der Waals surface area (Å²) in [5.41, 5.74) is 3.77. The predicted octanol–water partition coefficient (Wildman–Crippen LogP) is 4.07. The van der Waals surface area contributed by atoms with Crippen molar-refractivity contribution in [2.75, 3.05) is 6.54 Å². The summed E-state index contributed by atoms with van der Waals surface area (Å²) >= 11 is 0. The van der Waals surface area contributed by atoms with Crippen molar-refractivity contribution in [3.05, 3.63) is 114 Å². The summed E-state index contributed by atoms with van der Waals surface area (Å²) in [5.74, 6) is -0.875. The quantitative estimate of drug-likeness (QED) is 0.432. The molecule has 4 rings (SSSR count). The molecule has 0 atom stereocenters. The van der Waals surface area contributed by atoms with Crippen LogP contribution in [0.2, 0.25) is 0 Å². The number of esters is 1. The van der Waals surface area contributed by atoms with Crippen LogP contribution in [0, 0.1) is 0 Å². The lowest BCUT2D eigenvalue weighted by atomic mass is 10.1. The molecule has 0 bridgehead atoms. The molecule has 0 spiro atoms. The molecule has 1 N–H and O–H groups in total. The number of benzene rings is 3. The third kappa shape index (κ3) is 5.49. The summed E-state index contributed by atoms with van der Waals surface area (Å²) in [4.78, 5) is 25.0. The highest BCUT2D eigenvalue weighted by Gasteiger charge is 2.19. The Kier molecular flexibility index (Phi) is 6.72. The van der Waals surface area contributed by atoms with Gasteiger partial charge in [-0.15, -0.1) is 0 Å². The van der Waals surface area contributed by atoms with Crippen molar-refractivity contribution in [1.29, 1.82) is 0 Å². The lowest BCUT2D eigenvalue weighted by Crippen LogP contribution is -2.30. The predicted molar refractivity (Wildman–Crippen MR) is 122 cm³/mol. The summed E-state index contributed by atoms with van der Waals surface area (Å²) in [7, 11) is 0. The van der Waals surface area contributed by atoms with Crippen LogP contribution in [0.4, 0.5) is 0 Å². The van der Waals surface area contributed by atoms with Gasteiger partial charge in [-0.25, -0.2) is 0 Å². The summed E-state index contributed by atoms with van der Waals surface area (Å²) in [6, 6.07) is 28.8. The number of amides is 1. The Morgan fingerprint density at radius 3 is 2.06 bits per heavy atom. The van der Waals surface area contributed by atoms with Crippen molar-refractivity contribution in [1.82, 2.24) is 15.1 Å². The lowest BCUT2D eigenvalue weighted by Gasteiger charge is -2.07. The number of nitrogens with zero attached hydrogens (tertiary/aromatic N) is 2.